The third kappa shape index (κ3) is 65.4. The number of aliphatic hydroxyl groups is 1. The Morgan fingerprint density at radius 2 is 0.522 bits per heavy atom. The van der Waals surface area contributed by atoms with Crippen LogP contribution in [0.1, 0.15) is 364 Å². The van der Waals surface area contributed by atoms with E-state index in [4.69, 9.17) is 37.0 Å². The molecule has 0 saturated carbocycles. The Kier molecular flexibility index (Phi) is 61.3. The molecule has 0 aliphatic heterocycles. The number of phosphoric ester groups is 2. The summed E-state index contributed by atoms with van der Waals surface area (Å²) in [6, 6.07) is 0. The lowest BCUT2D eigenvalue weighted by Crippen LogP contribution is -2.30. The molecule has 0 bridgehead atoms. The van der Waals surface area contributed by atoms with Crippen LogP contribution < -0.4 is 0 Å². The third-order valence-electron chi connectivity index (χ3n) is 17.2. The van der Waals surface area contributed by atoms with Gasteiger partial charge in [0, 0.05) is 25.7 Å². The highest BCUT2D eigenvalue weighted by atomic mass is 31.2. The highest BCUT2D eigenvalue weighted by Crippen LogP contribution is 2.45. The monoisotopic (exact) mass is 1350 g/mol. The van der Waals surface area contributed by atoms with Crippen LogP contribution in [0.15, 0.2) is 0 Å². The molecule has 0 aromatic carbocycles. The van der Waals surface area contributed by atoms with Gasteiger partial charge in [-0.2, -0.15) is 0 Å². The zero-order chi connectivity index (χ0) is 68.2. The van der Waals surface area contributed by atoms with E-state index < -0.39 is 97.5 Å². The molecule has 546 valence electrons. The Morgan fingerprint density at radius 3 is 0.772 bits per heavy atom. The second kappa shape index (κ2) is 62.6. The summed E-state index contributed by atoms with van der Waals surface area (Å²) in [6.07, 6.45) is 46.0. The first-order valence-electron chi connectivity index (χ1n) is 37.7. The molecular weight excluding hydrogens is 1210 g/mol. The number of hydrogen-bond acceptors (Lipinski definition) is 15. The van der Waals surface area contributed by atoms with Crippen LogP contribution in [0.2, 0.25) is 0 Å². The van der Waals surface area contributed by atoms with Gasteiger partial charge in [-0.3, -0.25) is 37.3 Å². The van der Waals surface area contributed by atoms with E-state index in [-0.39, 0.29) is 25.7 Å². The van der Waals surface area contributed by atoms with Crippen LogP contribution >= 0.6 is 15.6 Å². The van der Waals surface area contributed by atoms with Crippen molar-refractivity contribution in [3.05, 3.63) is 0 Å². The summed E-state index contributed by atoms with van der Waals surface area (Å²) in [5, 5.41) is 10.6. The number of phosphoric acid groups is 2. The van der Waals surface area contributed by atoms with Crippen LogP contribution in [0.5, 0.6) is 0 Å². The molecule has 0 aliphatic rings. The summed E-state index contributed by atoms with van der Waals surface area (Å²) >= 11 is 0. The maximum absolute atomic E-state index is 13.0. The average Bonchev–Trinajstić information content (AvgIpc) is 1.48. The highest BCUT2D eigenvalue weighted by Gasteiger charge is 2.30. The van der Waals surface area contributed by atoms with Crippen molar-refractivity contribution in [2.45, 2.75) is 382 Å². The minimum atomic E-state index is -4.95. The SMILES string of the molecule is CCC(C)CCCCCCCCC(=O)O[C@H](COC(=O)CCCCCCCCCCCCCCCCCCC(C)C)COP(=O)(O)OCC(O)COP(=O)(O)OC[C@@H](COC(=O)CCCCCCCCCCC(C)C)OC(=O)CCCCCCCCCCCC(C)C. The normalized spacial score (nSPS) is 14.5. The smallest absolute Gasteiger partial charge is 0.462 e. The maximum Gasteiger partial charge on any atom is 0.472 e. The second-order valence-corrected chi connectivity index (χ2v) is 30.9. The molecule has 4 unspecified atom stereocenters. The van der Waals surface area contributed by atoms with Crippen molar-refractivity contribution in [2.24, 2.45) is 23.7 Å². The van der Waals surface area contributed by atoms with Gasteiger partial charge >= 0.3 is 39.5 Å². The van der Waals surface area contributed by atoms with Crippen LogP contribution in [0.4, 0.5) is 0 Å². The van der Waals surface area contributed by atoms with E-state index in [1.165, 1.54) is 167 Å². The first kappa shape index (κ1) is 90.1. The number of esters is 4. The van der Waals surface area contributed by atoms with E-state index in [0.29, 0.717) is 25.7 Å². The Morgan fingerprint density at radius 1 is 0.304 bits per heavy atom. The third-order valence-corrected chi connectivity index (χ3v) is 19.1. The van der Waals surface area contributed by atoms with E-state index in [0.717, 1.165) is 114 Å². The van der Waals surface area contributed by atoms with Gasteiger partial charge in [0.2, 0.25) is 0 Å². The van der Waals surface area contributed by atoms with Crippen molar-refractivity contribution in [3.8, 4) is 0 Å². The van der Waals surface area contributed by atoms with E-state index >= 15 is 0 Å². The average molecular weight is 1350 g/mol. The molecule has 0 aliphatic carbocycles. The van der Waals surface area contributed by atoms with Gasteiger partial charge in [-0.1, -0.05) is 312 Å². The van der Waals surface area contributed by atoms with Gasteiger partial charge in [0.05, 0.1) is 26.4 Å². The molecular formula is C73H142O17P2. The number of unbranched alkanes of at least 4 members (excludes halogenated alkanes) is 35. The minimum absolute atomic E-state index is 0.103. The number of carbonyl (C=O) groups is 4. The first-order chi connectivity index (χ1) is 44.1. The predicted octanol–water partition coefficient (Wildman–Crippen LogP) is 20.9. The van der Waals surface area contributed by atoms with Gasteiger partial charge in [-0.15, -0.1) is 0 Å². The minimum Gasteiger partial charge on any atom is -0.462 e. The van der Waals surface area contributed by atoms with Gasteiger partial charge in [-0.25, -0.2) is 9.13 Å². The van der Waals surface area contributed by atoms with Crippen molar-refractivity contribution < 1.29 is 80.2 Å². The molecule has 0 spiro atoms. The summed E-state index contributed by atoms with van der Waals surface area (Å²) in [5.74, 6) is 0.866. The number of ether oxygens (including phenoxy) is 4. The van der Waals surface area contributed by atoms with Crippen molar-refractivity contribution in [3.63, 3.8) is 0 Å². The summed E-state index contributed by atoms with van der Waals surface area (Å²) in [4.78, 5) is 72.6. The lowest BCUT2D eigenvalue weighted by Gasteiger charge is -2.21. The van der Waals surface area contributed by atoms with E-state index in [2.05, 4.69) is 55.4 Å². The van der Waals surface area contributed by atoms with Crippen LogP contribution in [0.3, 0.4) is 0 Å². The van der Waals surface area contributed by atoms with Gasteiger partial charge in [0.15, 0.2) is 12.2 Å². The first-order valence-corrected chi connectivity index (χ1v) is 40.7. The molecule has 92 heavy (non-hydrogen) atoms. The number of hydrogen-bond donors (Lipinski definition) is 3. The van der Waals surface area contributed by atoms with Gasteiger partial charge in [-0.05, 0) is 49.4 Å². The predicted molar refractivity (Wildman–Crippen MR) is 372 cm³/mol. The van der Waals surface area contributed by atoms with Crippen molar-refractivity contribution >= 4 is 39.5 Å². The molecule has 0 radical (unpaired) electrons. The largest absolute Gasteiger partial charge is 0.472 e. The summed E-state index contributed by atoms with van der Waals surface area (Å²) in [6.45, 7) is 14.1. The fourth-order valence-corrected chi connectivity index (χ4v) is 12.6. The maximum atomic E-state index is 13.0. The van der Waals surface area contributed by atoms with Crippen LogP contribution in [-0.2, 0) is 65.4 Å². The molecule has 0 aromatic heterocycles. The Bertz CT molecular complexity index is 1820. The summed E-state index contributed by atoms with van der Waals surface area (Å²) < 4.78 is 68.3. The molecule has 19 heteroatoms. The molecule has 0 fully saturated rings. The van der Waals surface area contributed by atoms with Gasteiger partial charge in [0.25, 0.3) is 0 Å². The van der Waals surface area contributed by atoms with Crippen molar-refractivity contribution in [2.75, 3.05) is 39.6 Å². The van der Waals surface area contributed by atoms with Crippen LogP contribution in [-0.4, -0.2) is 96.7 Å². The zero-order valence-corrected chi connectivity index (χ0v) is 62.0. The summed E-state index contributed by atoms with van der Waals surface area (Å²) in [7, 11) is -9.91. The second-order valence-electron chi connectivity index (χ2n) is 28.0. The van der Waals surface area contributed by atoms with Crippen LogP contribution in [0, 0.1) is 23.7 Å². The fourth-order valence-electron chi connectivity index (χ4n) is 11.0. The van der Waals surface area contributed by atoms with Crippen molar-refractivity contribution in [1.82, 2.24) is 0 Å². The number of aliphatic hydroxyl groups excluding tert-OH is 1. The number of carbonyl (C=O) groups excluding carboxylic acids is 4. The van der Waals surface area contributed by atoms with Crippen molar-refractivity contribution in [1.29, 1.82) is 0 Å². The Hall–Kier alpha value is -1.94. The molecule has 0 amide bonds. The lowest BCUT2D eigenvalue weighted by molar-refractivity contribution is -0.161. The molecule has 17 nitrogen and oxygen atoms in total. The quantitative estimate of drug-likeness (QED) is 0.0222. The topological polar surface area (TPSA) is 237 Å². The molecule has 6 atom stereocenters. The molecule has 0 saturated heterocycles. The lowest BCUT2D eigenvalue weighted by atomic mass is 10.00. The van der Waals surface area contributed by atoms with Gasteiger partial charge in [0.1, 0.15) is 19.3 Å². The van der Waals surface area contributed by atoms with E-state index in [1.54, 1.807) is 0 Å². The summed E-state index contributed by atoms with van der Waals surface area (Å²) in [5.41, 5.74) is 0. The van der Waals surface area contributed by atoms with E-state index in [9.17, 15) is 43.2 Å². The molecule has 0 rings (SSSR count). The Balaban J connectivity index is 5.19. The number of rotatable bonds is 70. The standard InChI is InChI=1S/C73H142O17P2/c1-9-66(8)52-44-36-31-32-40-48-56-73(78)90-69(60-83-70(75)53-45-37-28-21-17-15-13-11-10-12-14-16-19-25-33-41-49-63(2)3)62-88-92(81,82)86-58-67(74)57-85-91(79,80)87-61-68(59-84-71(76)54-46-38-29-24-23-27-35-43-51-65(6)7)89-72(77)55-47-39-30-22-18-20-26-34-42-50-64(4)5/h63-69,74H,9-62H2,1-8H3,(H,79,80)(H,81,82)/t66?,67?,68-,69-/m1/s1. The van der Waals surface area contributed by atoms with Crippen LogP contribution in [0.25, 0.3) is 0 Å². The molecule has 0 aromatic rings. The van der Waals surface area contributed by atoms with Gasteiger partial charge < -0.3 is 33.8 Å². The Labute approximate surface area is 562 Å². The molecule has 0 heterocycles. The zero-order valence-electron chi connectivity index (χ0n) is 60.2. The molecule has 3 N–H and O–H groups in total. The fraction of sp³-hybridized carbons (Fsp3) is 0.945. The van der Waals surface area contributed by atoms with E-state index in [1.807, 2.05) is 0 Å². The highest BCUT2D eigenvalue weighted by molar-refractivity contribution is 7.47.